The third kappa shape index (κ3) is 4.08. The molecule has 1 aromatic heterocycles. The van der Waals surface area contributed by atoms with Crippen LogP contribution in [0.3, 0.4) is 0 Å². The summed E-state index contributed by atoms with van der Waals surface area (Å²) < 4.78 is 37.8. The Hall–Kier alpha value is -1.86. The fraction of sp³-hybridized carbons (Fsp3) is 0.400. The lowest BCUT2D eigenvalue weighted by Crippen LogP contribution is -2.26. The second-order valence-corrected chi connectivity index (χ2v) is 5.18. The lowest BCUT2D eigenvalue weighted by molar-refractivity contribution is -0.137. The molecule has 1 heterocycles. The number of aromatic nitrogens is 2. The summed E-state index contributed by atoms with van der Waals surface area (Å²) in [6.07, 6.45) is -2.54. The predicted molar refractivity (Wildman–Crippen MR) is 79.3 cm³/mol. The summed E-state index contributed by atoms with van der Waals surface area (Å²) in [7, 11) is 3.88. The number of halogens is 3. The van der Waals surface area contributed by atoms with Crippen molar-refractivity contribution in [3.8, 4) is 11.3 Å². The van der Waals surface area contributed by atoms with Gasteiger partial charge in [0, 0.05) is 37.0 Å². The van der Waals surface area contributed by atoms with Crippen molar-refractivity contribution in [3.05, 3.63) is 41.6 Å². The van der Waals surface area contributed by atoms with Crippen molar-refractivity contribution in [2.75, 3.05) is 27.2 Å². The van der Waals surface area contributed by atoms with Gasteiger partial charge in [0.2, 0.25) is 0 Å². The quantitative estimate of drug-likeness (QED) is 0.862. The number of hydrogen-bond acceptors (Lipinski definition) is 3. The molecular formula is C15H19F3N4. The van der Waals surface area contributed by atoms with Gasteiger partial charge in [-0.05, 0) is 26.2 Å². The fourth-order valence-electron chi connectivity index (χ4n) is 2.17. The minimum atomic E-state index is -4.32. The summed E-state index contributed by atoms with van der Waals surface area (Å²) in [4.78, 5) is 2.12. The highest BCUT2D eigenvalue weighted by Gasteiger charge is 2.30. The molecule has 2 N–H and O–H groups in total. The van der Waals surface area contributed by atoms with Crippen LogP contribution < -0.4 is 5.32 Å². The normalized spacial score (nSPS) is 12.1. The van der Waals surface area contributed by atoms with E-state index in [-0.39, 0.29) is 0 Å². The summed E-state index contributed by atoms with van der Waals surface area (Å²) >= 11 is 0. The second kappa shape index (κ2) is 6.93. The monoisotopic (exact) mass is 312 g/mol. The molecule has 0 fully saturated rings. The zero-order valence-corrected chi connectivity index (χ0v) is 12.5. The van der Waals surface area contributed by atoms with Gasteiger partial charge in [0.25, 0.3) is 0 Å². The minimum absolute atomic E-state index is 0.653. The summed E-state index contributed by atoms with van der Waals surface area (Å²) in [5.41, 5.74) is 1.66. The molecule has 2 rings (SSSR count). The Labute approximate surface area is 127 Å². The van der Waals surface area contributed by atoms with E-state index in [2.05, 4.69) is 20.4 Å². The SMILES string of the molecule is CNCCN(C)Cc1c[nH]nc1-c1ccc(C(F)(F)F)cc1. The molecule has 0 unspecified atom stereocenters. The molecule has 0 atom stereocenters. The standard InChI is InChI=1S/C15H19F3N4/c1-19-7-8-22(2)10-12-9-20-21-14(12)11-3-5-13(6-4-11)15(16,17)18/h3-6,9,19H,7-8,10H2,1-2H3,(H,20,21). The van der Waals surface area contributed by atoms with Gasteiger partial charge in [0.1, 0.15) is 0 Å². The zero-order chi connectivity index (χ0) is 16.2. The van der Waals surface area contributed by atoms with Gasteiger partial charge in [0.15, 0.2) is 0 Å². The number of likely N-dealkylation sites (N-methyl/N-ethyl adjacent to an activating group) is 2. The molecule has 0 saturated heterocycles. The Morgan fingerprint density at radius 2 is 1.91 bits per heavy atom. The third-order valence-corrected chi connectivity index (χ3v) is 3.39. The molecule has 22 heavy (non-hydrogen) atoms. The van der Waals surface area contributed by atoms with Gasteiger partial charge in [-0.2, -0.15) is 18.3 Å². The Balaban J connectivity index is 2.15. The van der Waals surface area contributed by atoms with Crippen molar-refractivity contribution in [1.29, 1.82) is 0 Å². The lowest BCUT2D eigenvalue weighted by Gasteiger charge is -2.16. The highest BCUT2D eigenvalue weighted by molar-refractivity contribution is 5.63. The minimum Gasteiger partial charge on any atom is -0.318 e. The summed E-state index contributed by atoms with van der Waals surface area (Å²) in [6.45, 7) is 2.41. The van der Waals surface area contributed by atoms with Crippen molar-refractivity contribution >= 4 is 0 Å². The highest BCUT2D eigenvalue weighted by atomic mass is 19.4. The first kappa shape index (κ1) is 16.5. The van der Waals surface area contributed by atoms with Crippen LogP contribution in [-0.4, -0.2) is 42.3 Å². The largest absolute Gasteiger partial charge is 0.416 e. The molecule has 0 radical (unpaired) electrons. The first-order valence-electron chi connectivity index (χ1n) is 6.95. The number of rotatable bonds is 6. The van der Waals surface area contributed by atoms with Crippen molar-refractivity contribution in [3.63, 3.8) is 0 Å². The van der Waals surface area contributed by atoms with Crippen molar-refractivity contribution in [1.82, 2.24) is 20.4 Å². The van der Waals surface area contributed by atoms with E-state index >= 15 is 0 Å². The lowest BCUT2D eigenvalue weighted by atomic mass is 10.1. The Morgan fingerprint density at radius 1 is 1.23 bits per heavy atom. The van der Waals surface area contributed by atoms with Crippen molar-refractivity contribution < 1.29 is 13.2 Å². The predicted octanol–water partition coefficient (Wildman–Crippen LogP) is 2.75. The Morgan fingerprint density at radius 3 is 2.50 bits per heavy atom. The van der Waals surface area contributed by atoms with Gasteiger partial charge < -0.3 is 10.2 Å². The molecule has 4 nitrogen and oxygen atoms in total. The average molecular weight is 312 g/mol. The highest BCUT2D eigenvalue weighted by Crippen LogP contribution is 2.31. The smallest absolute Gasteiger partial charge is 0.318 e. The van der Waals surface area contributed by atoms with E-state index in [1.54, 1.807) is 6.20 Å². The van der Waals surface area contributed by atoms with Crippen LogP contribution in [0.2, 0.25) is 0 Å². The van der Waals surface area contributed by atoms with Crippen LogP contribution in [0.15, 0.2) is 30.5 Å². The van der Waals surface area contributed by atoms with Crippen LogP contribution in [0.25, 0.3) is 11.3 Å². The number of nitrogens with one attached hydrogen (secondary N) is 2. The molecule has 0 spiro atoms. The van der Waals surface area contributed by atoms with Gasteiger partial charge in [-0.3, -0.25) is 5.10 Å². The number of H-pyrrole nitrogens is 1. The molecule has 0 amide bonds. The Kier molecular flexibility index (Phi) is 5.20. The number of nitrogens with zero attached hydrogens (tertiary/aromatic N) is 2. The third-order valence-electron chi connectivity index (χ3n) is 3.39. The average Bonchev–Trinajstić information content (AvgIpc) is 2.92. The maximum absolute atomic E-state index is 12.6. The molecule has 2 aromatic rings. The van der Waals surface area contributed by atoms with E-state index in [4.69, 9.17) is 0 Å². The van der Waals surface area contributed by atoms with Gasteiger partial charge >= 0.3 is 6.18 Å². The molecule has 0 aliphatic heterocycles. The van der Waals surface area contributed by atoms with E-state index in [0.29, 0.717) is 17.8 Å². The van der Waals surface area contributed by atoms with Gasteiger partial charge in [-0.1, -0.05) is 12.1 Å². The van der Waals surface area contributed by atoms with Crippen LogP contribution in [0.5, 0.6) is 0 Å². The van der Waals surface area contributed by atoms with E-state index < -0.39 is 11.7 Å². The molecule has 1 aromatic carbocycles. The van der Waals surface area contributed by atoms with E-state index in [1.165, 1.54) is 12.1 Å². The van der Waals surface area contributed by atoms with Crippen LogP contribution in [0, 0.1) is 0 Å². The molecule has 0 aliphatic rings. The van der Waals surface area contributed by atoms with E-state index in [9.17, 15) is 13.2 Å². The molecule has 120 valence electrons. The molecule has 7 heteroatoms. The maximum Gasteiger partial charge on any atom is 0.416 e. The molecule has 0 saturated carbocycles. The van der Waals surface area contributed by atoms with Crippen LogP contribution in [0.4, 0.5) is 13.2 Å². The molecule has 0 aliphatic carbocycles. The van der Waals surface area contributed by atoms with Crippen molar-refractivity contribution in [2.45, 2.75) is 12.7 Å². The fourth-order valence-corrected chi connectivity index (χ4v) is 2.17. The molecule has 0 bridgehead atoms. The first-order valence-corrected chi connectivity index (χ1v) is 6.95. The van der Waals surface area contributed by atoms with E-state index in [1.807, 2.05) is 14.1 Å². The Bertz CT molecular complexity index is 590. The first-order chi connectivity index (χ1) is 10.4. The summed E-state index contributed by atoms with van der Waals surface area (Å²) in [5.74, 6) is 0. The maximum atomic E-state index is 12.6. The summed E-state index contributed by atoms with van der Waals surface area (Å²) in [6, 6.07) is 5.07. The van der Waals surface area contributed by atoms with E-state index in [0.717, 1.165) is 30.8 Å². The van der Waals surface area contributed by atoms with Crippen molar-refractivity contribution in [2.24, 2.45) is 0 Å². The summed E-state index contributed by atoms with van der Waals surface area (Å²) in [5, 5.41) is 10.0. The number of alkyl halides is 3. The number of benzene rings is 1. The zero-order valence-electron chi connectivity index (χ0n) is 12.5. The van der Waals surface area contributed by atoms with Crippen LogP contribution in [-0.2, 0) is 12.7 Å². The van der Waals surface area contributed by atoms with Gasteiger partial charge in [0.05, 0.1) is 11.3 Å². The van der Waals surface area contributed by atoms with Crippen LogP contribution in [0.1, 0.15) is 11.1 Å². The number of hydrogen-bond donors (Lipinski definition) is 2. The number of aromatic amines is 1. The van der Waals surface area contributed by atoms with Gasteiger partial charge in [-0.15, -0.1) is 0 Å². The molecular weight excluding hydrogens is 293 g/mol. The second-order valence-electron chi connectivity index (χ2n) is 5.18. The van der Waals surface area contributed by atoms with Crippen LogP contribution >= 0.6 is 0 Å². The topological polar surface area (TPSA) is 44.0 Å². The van der Waals surface area contributed by atoms with Gasteiger partial charge in [-0.25, -0.2) is 0 Å².